The minimum atomic E-state index is 0.540. The highest BCUT2D eigenvalue weighted by atomic mass is 16.5. The summed E-state index contributed by atoms with van der Waals surface area (Å²) in [7, 11) is 0. The summed E-state index contributed by atoms with van der Waals surface area (Å²) in [4.78, 5) is 4.53. The SMILES string of the molecule is Cc1ccccc1-c1ccc(-c2nc(-c3ccccc3)no2)cc1C. The molecule has 0 saturated carbocycles. The van der Waals surface area contributed by atoms with E-state index in [2.05, 4.69) is 60.4 Å². The largest absolute Gasteiger partial charge is 0.334 e. The second kappa shape index (κ2) is 6.36. The van der Waals surface area contributed by atoms with E-state index in [1.165, 1.54) is 22.3 Å². The highest BCUT2D eigenvalue weighted by Gasteiger charge is 2.12. The molecule has 0 radical (unpaired) electrons. The Hall–Kier alpha value is -3.20. The molecule has 0 aliphatic carbocycles. The maximum atomic E-state index is 5.47. The zero-order valence-corrected chi connectivity index (χ0v) is 14.2. The van der Waals surface area contributed by atoms with E-state index in [4.69, 9.17) is 4.52 Å². The average molecular weight is 326 g/mol. The van der Waals surface area contributed by atoms with Gasteiger partial charge in [-0.2, -0.15) is 4.98 Å². The molecule has 0 saturated heterocycles. The van der Waals surface area contributed by atoms with Crippen LogP contribution in [0.5, 0.6) is 0 Å². The van der Waals surface area contributed by atoms with Crippen LogP contribution in [0.2, 0.25) is 0 Å². The highest BCUT2D eigenvalue weighted by Crippen LogP contribution is 2.30. The quantitative estimate of drug-likeness (QED) is 0.485. The molecule has 25 heavy (non-hydrogen) atoms. The molecular formula is C22H18N2O. The van der Waals surface area contributed by atoms with Crippen LogP contribution in [0.3, 0.4) is 0 Å². The first-order valence-corrected chi connectivity index (χ1v) is 8.28. The maximum absolute atomic E-state index is 5.47. The van der Waals surface area contributed by atoms with Crippen molar-refractivity contribution in [3.63, 3.8) is 0 Å². The Kier molecular flexibility index (Phi) is 3.90. The number of hydrogen-bond donors (Lipinski definition) is 0. The van der Waals surface area contributed by atoms with Crippen LogP contribution >= 0.6 is 0 Å². The number of rotatable bonds is 3. The van der Waals surface area contributed by atoms with Crippen molar-refractivity contribution in [2.24, 2.45) is 0 Å². The minimum Gasteiger partial charge on any atom is -0.334 e. The third kappa shape index (κ3) is 2.96. The third-order valence-corrected chi connectivity index (χ3v) is 4.37. The number of aryl methyl sites for hydroxylation is 2. The average Bonchev–Trinajstić information content (AvgIpc) is 3.13. The Labute approximate surface area is 147 Å². The monoisotopic (exact) mass is 326 g/mol. The molecule has 4 aromatic rings. The van der Waals surface area contributed by atoms with Gasteiger partial charge in [0.15, 0.2) is 0 Å². The molecule has 1 aromatic heterocycles. The van der Waals surface area contributed by atoms with Gasteiger partial charge in [-0.3, -0.25) is 0 Å². The van der Waals surface area contributed by atoms with Crippen LogP contribution in [-0.4, -0.2) is 10.1 Å². The number of nitrogens with zero attached hydrogens (tertiary/aromatic N) is 2. The van der Waals surface area contributed by atoms with E-state index in [1.807, 2.05) is 36.4 Å². The van der Waals surface area contributed by atoms with Crippen LogP contribution < -0.4 is 0 Å². The van der Waals surface area contributed by atoms with Gasteiger partial charge in [0.05, 0.1) is 0 Å². The third-order valence-electron chi connectivity index (χ3n) is 4.37. The topological polar surface area (TPSA) is 38.9 Å². The van der Waals surface area contributed by atoms with Gasteiger partial charge in [0, 0.05) is 11.1 Å². The molecule has 0 atom stereocenters. The molecule has 0 fully saturated rings. The van der Waals surface area contributed by atoms with Crippen molar-refractivity contribution in [2.45, 2.75) is 13.8 Å². The zero-order chi connectivity index (χ0) is 17.2. The summed E-state index contributed by atoms with van der Waals surface area (Å²) in [5.41, 5.74) is 6.82. The Morgan fingerprint density at radius 3 is 2.16 bits per heavy atom. The fourth-order valence-electron chi connectivity index (χ4n) is 3.02. The number of benzene rings is 3. The van der Waals surface area contributed by atoms with Gasteiger partial charge in [0.2, 0.25) is 5.82 Å². The van der Waals surface area contributed by atoms with Gasteiger partial charge in [0.1, 0.15) is 0 Å². The van der Waals surface area contributed by atoms with Gasteiger partial charge < -0.3 is 4.52 Å². The zero-order valence-electron chi connectivity index (χ0n) is 14.2. The lowest BCUT2D eigenvalue weighted by molar-refractivity contribution is 0.432. The second-order valence-corrected chi connectivity index (χ2v) is 6.13. The summed E-state index contributed by atoms with van der Waals surface area (Å²) in [5.74, 6) is 1.15. The normalized spacial score (nSPS) is 10.8. The smallest absolute Gasteiger partial charge is 0.258 e. The molecule has 3 nitrogen and oxygen atoms in total. The first-order valence-electron chi connectivity index (χ1n) is 8.28. The van der Waals surface area contributed by atoms with E-state index in [0.717, 1.165) is 11.1 Å². The Bertz CT molecular complexity index is 1020. The van der Waals surface area contributed by atoms with Crippen LogP contribution in [0.25, 0.3) is 34.0 Å². The molecule has 0 aliphatic heterocycles. The molecule has 0 aliphatic rings. The minimum absolute atomic E-state index is 0.540. The summed E-state index contributed by atoms with van der Waals surface area (Å²) < 4.78 is 5.47. The van der Waals surface area contributed by atoms with E-state index in [9.17, 15) is 0 Å². The molecule has 0 unspecified atom stereocenters. The van der Waals surface area contributed by atoms with E-state index in [0.29, 0.717) is 11.7 Å². The number of hydrogen-bond acceptors (Lipinski definition) is 3. The molecule has 0 spiro atoms. The van der Waals surface area contributed by atoms with Crippen molar-refractivity contribution in [2.75, 3.05) is 0 Å². The lowest BCUT2D eigenvalue weighted by Crippen LogP contribution is -1.88. The predicted molar refractivity (Wildman–Crippen MR) is 100 cm³/mol. The van der Waals surface area contributed by atoms with Gasteiger partial charge in [-0.25, -0.2) is 0 Å². The first kappa shape index (κ1) is 15.3. The molecule has 3 heteroatoms. The highest BCUT2D eigenvalue weighted by molar-refractivity contribution is 5.73. The molecule has 0 bridgehead atoms. The fourth-order valence-corrected chi connectivity index (χ4v) is 3.02. The fraction of sp³-hybridized carbons (Fsp3) is 0.0909. The van der Waals surface area contributed by atoms with Crippen LogP contribution in [0, 0.1) is 13.8 Å². The van der Waals surface area contributed by atoms with E-state index in [1.54, 1.807) is 0 Å². The van der Waals surface area contributed by atoms with Gasteiger partial charge >= 0.3 is 0 Å². The summed E-state index contributed by atoms with van der Waals surface area (Å²) in [6, 6.07) is 24.5. The summed E-state index contributed by atoms with van der Waals surface area (Å²) in [6.07, 6.45) is 0. The predicted octanol–water partition coefficient (Wildman–Crippen LogP) is 5.69. The van der Waals surface area contributed by atoms with Crippen LogP contribution in [0.15, 0.2) is 77.3 Å². The summed E-state index contributed by atoms with van der Waals surface area (Å²) in [5, 5.41) is 4.10. The van der Waals surface area contributed by atoms with Crippen molar-refractivity contribution >= 4 is 0 Å². The van der Waals surface area contributed by atoms with Gasteiger partial charge in [-0.05, 0) is 48.2 Å². The maximum Gasteiger partial charge on any atom is 0.258 e. The first-order chi connectivity index (χ1) is 12.2. The van der Waals surface area contributed by atoms with Crippen LogP contribution in [0.1, 0.15) is 11.1 Å². The van der Waals surface area contributed by atoms with Crippen LogP contribution in [-0.2, 0) is 0 Å². The van der Waals surface area contributed by atoms with Crippen molar-refractivity contribution in [1.82, 2.24) is 10.1 Å². The number of aromatic nitrogens is 2. The van der Waals surface area contributed by atoms with Gasteiger partial charge in [-0.15, -0.1) is 0 Å². The van der Waals surface area contributed by atoms with Crippen molar-refractivity contribution < 1.29 is 4.52 Å². The van der Waals surface area contributed by atoms with Crippen molar-refractivity contribution in [1.29, 1.82) is 0 Å². The van der Waals surface area contributed by atoms with Gasteiger partial charge in [0.25, 0.3) is 5.89 Å². The van der Waals surface area contributed by atoms with Crippen LogP contribution in [0.4, 0.5) is 0 Å². The standard InChI is InChI=1S/C22H18N2O/c1-15-8-6-7-11-19(15)20-13-12-18(14-16(20)2)22-23-21(24-25-22)17-9-4-3-5-10-17/h3-14H,1-2H3. The van der Waals surface area contributed by atoms with E-state index >= 15 is 0 Å². The molecular weight excluding hydrogens is 308 g/mol. The molecule has 0 amide bonds. The van der Waals surface area contributed by atoms with E-state index < -0.39 is 0 Å². The van der Waals surface area contributed by atoms with Gasteiger partial charge in [-0.1, -0.05) is 65.8 Å². The molecule has 3 aromatic carbocycles. The Balaban J connectivity index is 1.70. The molecule has 4 rings (SSSR count). The molecule has 0 N–H and O–H groups in total. The second-order valence-electron chi connectivity index (χ2n) is 6.13. The van der Waals surface area contributed by atoms with Crippen molar-refractivity contribution in [3.05, 3.63) is 83.9 Å². The summed E-state index contributed by atoms with van der Waals surface area (Å²) in [6.45, 7) is 4.24. The van der Waals surface area contributed by atoms with E-state index in [-0.39, 0.29) is 0 Å². The lowest BCUT2D eigenvalue weighted by atomic mass is 9.95. The molecule has 1 heterocycles. The lowest BCUT2D eigenvalue weighted by Gasteiger charge is -2.10. The molecule has 122 valence electrons. The Morgan fingerprint density at radius 2 is 1.40 bits per heavy atom. The summed E-state index contributed by atoms with van der Waals surface area (Å²) >= 11 is 0. The Morgan fingerprint density at radius 1 is 0.680 bits per heavy atom. The van der Waals surface area contributed by atoms with Crippen molar-refractivity contribution in [3.8, 4) is 34.0 Å².